The summed E-state index contributed by atoms with van der Waals surface area (Å²) in [5.41, 5.74) is 2.22. The number of amides is 1. The predicted octanol–water partition coefficient (Wildman–Crippen LogP) is 2.70. The minimum atomic E-state index is -1.24. The monoisotopic (exact) mass is 408 g/mol. The van der Waals surface area contributed by atoms with E-state index in [4.69, 9.17) is 0 Å². The lowest BCUT2D eigenvalue weighted by Crippen LogP contribution is -2.59. The highest BCUT2D eigenvalue weighted by Crippen LogP contribution is 2.29. The van der Waals surface area contributed by atoms with Crippen LogP contribution in [0.2, 0.25) is 0 Å². The quantitative estimate of drug-likeness (QED) is 0.584. The van der Waals surface area contributed by atoms with Gasteiger partial charge in [-0.15, -0.1) is 0 Å². The molecule has 0 unspecified atom stereocenters. The maximum absolute atomic E-state index is 14.2. The molecule has 4 rings (SSSR count). The summed E-state index contributed by atoms with van der Waals surface area (Å²) in [5.74, 6) is 1.03. The molecule has 0 atom stereocenters. The number of hydrogen-bond donors (Lipinski definition) is 3. The van der Waals surface area contributed by atoms with Crippen LogP contribution in [0.1, 0.15) is 24.0 Å². The first-order valence-corrected chi connectivity index (χ1v) is 10.0. The molecule has 2 aromatic rings. The van der Waals surface area contributed by atoms with Gasteiger partial charge in [-0.25, -0.2) is 14.4 Å². The topological polar surface area (TPSA) is 91.3 Å². The first-order chi connectivity index (χ1) is 14.5. The first kappa shape index (κ1) is 20.2. The summed E-state index contributed by atoms with van der Waals surface area (Å²) in [4.78, 5) is 24.8. The van der Waals surface area contributed by atoms with E-state index < -0.39 is 5.67 Å². The Hall–Kier alpha value is -3.13. The van der Waals surface area contributed by atoms with Crippen LogP contribution in [0.15, 0.2) is 41.4 Å². The van der Waals surface area contributed by atoms with Gasteiger partial charge < -0.3 is 16.0 Å². The van der Waals surface area contributed by atoms with Crippen molar-refractivity contribution in [3.63, 3.8) is 0 Å². The molecule has 1 amide bonds. The van der Waals surface area contributed by atoms with Crippen molar-refractivity contribution in [2.75, 3.05) is 25.0 Å². The van der Waals surface area contributed by atoms with Crippen LogP contribution in [0.25, 0.3) is 17.3 Å². The van der Waals surface area contributed by atoms with E-state index in [1.165, 1.54) is 0 Å². The van der Waals surface area contributed by atoms with E-state index in [1.54, 1.807) is 18.5 Å². The molecule has 8 heteroatoms. The number of anilines is 1. The Balaban J connectivity index is 1.53. The average Bonchev–Trinajstić information content (AvgIpc) is 3.57. The Morgan fingerprint density at radius 3 is 2.87 bits per heavy atom. The van der Waals surface area contributed by atoms with E-state index >= 15 is 0 Å². The van der Waals surface area contributed by atoms with Gasteiger partial charge >= 0.3 is 0 Å². The number of nitrogens with zero attached hydrogens (tertiary/aromatic N) is 3. The van der Waals surface area contributed by atoms with Crippen molar-refractivity contribution in [3.05, 3.63) is 47.5 Å². The molecule has 30 heavy (non-hydrogen) atoms. The third-order valence-corrected chi connectivity index (χ3v) is 5.34. The molecule has 0 bridgehead atoms. The molecule has 1 aliphatic carbocycles. The van der Waals surface area contributed by atoms with Crippen LogP contribution < -0.4 is 16.0 Å². The summed E-state index contributed by atoms with van der Waals surface area (Å²) in [6, 6.07) is 5.89. The number of aliphatic imine (C=N–C) groups is 1. The fourth-order valence-electron chi connectivity index (χ4n) is 3.16. The fourth-order valence-corrected chi connectivity index (χ4v) is 3.16. The fraction of sp³-hybridized carbons (Fsp3) is 0.364. The highest BCUT2D eigenvalue weighted by molar-refractivity contribution is 5.83. The standard InChI is InChI=1S/C22H25FN6O/c1-14-3-4-16(7-17(14)8-19(24-2)29-21(30)15-5-6-15)18-9-25-10-20(28-18)27-13-22(23)11-26-12-22/h3-4,7-10,15,26H,2,5-6,11-13H2,1H3,(H,27,28)(H,29,30)/b19-8+. The van der Waals surface area contributed by atoms with Gasteiger partial charge in [-0.2, -0.15) is 0 Å². The minimum absolute atomic E-state index is 0.0144. The van der Waals surface area contributed by atoms with Crippen LogP contribution in [0.3, 0.4) is 0 Å². The van der Waals surface area contributed by atoms with Crippen molar-refractivity contribution in [2.24, 2.45) is 10.9 Å². The Morgan fingerprint density at radius 2 is 2.20 bits per heavy atom. The highest BCUT2D eigenvalue weighted by Gasteiger charge is 2.36. The number of alkyl halides is 1. The molecular weight excluding hydrogens is 383 g/mol. The Morgan fingerprint density at radius 1 is 1.40 bits per heavy atom. The molecule has 1 aromatic carbocycles. The highest BCUT2D eigenvalue weighted by atomic mass is 19.1. The summed E-state index contributed by atoms with van der Waals surface area (Å²) in [5, 5.41) is 8.79. The van der Waals surface area contributed by atoms with Gasteiger partial charge in [-0.1, -0.05) is 12.1 Å². The number of benzene rings is 1. The lowest BCUT2D eigenvalue weighted by Gasteiger charge is -2.35. The number of nitrogens with one attached hydrogen (secondary N) is 3. The Bertz CT molecular complexity index is 997. The van der Waals surface area contributed by atoms with Crippen molar-refractivity contribution in [1.29, 1.82) is 0 Å². The zero-order valence-electron chi connectivity index (χ0n) is 16.9. The number of carbonyl (C=O) groups excluding carboxylic acids is 1. The molecule has 7 nitrogen and oxygen atoms in total. The molecule has 1 aliphatic heterocycles. The SMILES string of the molecule is C=N/C(=C\c1cc(-c2cncc(NCC3(F)CNC3)n2)ccc1C)NC(=O)C1CC1. The van der Waals surface area contributed by atoms with E-state index in [0.29, 0.717) is 30.4 Å². The number of aromatic nitrogens is 2. The molecule has 156 valence electrons. The Kier molecular flexibility index (Phi) is 5.59. The molecule has 2 heterocycles. The van der Waals surface area contributed by atoms with Gasteiger partial charge in [0, 0.05) is 24.6 Å². The van der Waals surface area contributed by atoms with Gasteiger partial charge in [0.15, 0.2) is 5.67 Å². The maximum Gasteiger partial charge on any atom is 0.228 e. The third kappa shape index (κ3) is 4.71. The molecule has 0 spiro atoms. The van der Waals surface area contributed by atoms with Gasteiger partial charge in [0.1, 0.15) is 11.6 Å². The number of hydrogen-bond acceptors (Lipinski definition) is 6. The van der Waals surface area contributed by atoms with E-state index in [-0.39, 0.29) is 18.4 Å². The summed E-state index contributed by atoms with van der Waals surface area (Å²) < 4.78 is 14.2. The van der Waals surface area contributed by atoms with Gasteiger partial charge in [-0.05, 0) is 49.8 Å². The van der Waals surface area contributed by atoms with Crippen LogP contribution in [-0.4, -0.2) is 47.9 Å². The van der Waals surface area contributed by atoms with Crippen LogP contribution in [0.5, 0.6) is 0 Å². The zero-order chi connectivity index (χ0) is 21.1. The molecule has 1 saturated carbocycles. The molecule has 2 aliphatic rings. The number of aryl methyl sites for hydroxylation is 1. The lowest BCUT2D eigenvalue weighted by atomic mass is 10.00. The van der Waals surface area contributed by atoms with Crippen molar-refractivity contribution in [2.45, 2.75) is 25.4 Å². The summed E-state index contributed by atoms with van der Waals surface area (Å²) >= 11 is 0. The van der Waals surface area contributed by atoms with Crippen molar-refractivity contribution < 1.29 is 9.18 Å². The van der Waals surface area contributed by atoms with E-state index in [1.807, 2.05) is 25.1 Å². The van der Waals surface area contributed by atoms with E-state index in [2.05, 4.69) is 37.6 Å². The normalized spacial score (nSPS) is 17.7. The third-order valence-electron chi connectivity index (χ3n) is 5.34. The van der Waals surface area contributed by atoms with Crippen molar-refractivity contribution >= 4 is 24.5 Å². The zero-order valence-corrected chi connectivity index (χ0v) is 16.9. The molecule has 1 saturated heterocycles. The smallest absolute Gasteiger partial charge is 0.228 e. The predicted molar refractivity (Wildman–Crippen MR) is 116 cm³/mol. The number of carbonyl (C=O) groups is 1. The van der Waals surface area contributed by atoms with Gasteiger partial charge in [0.05, 0.1) is 24.6 Å². The maximum atomic E-state index is 14.2. The first-order valence-electron chi connectivity index (χ1n) is 10.0. The molecule has 0 radical (unpaired) electrons. The van der Waals surface area contributed by atoms with E-state index in [0.717, 1.165) is 29.5 Å². The number of halogens is 1. The molecule has 2 fully saturated rings. The second-order valence-corrected chi connectivity index (χ2v) is 7.92. The summed E-state index contributed by atoms with van der Waals surface area (Å²) in [6.07, 6.45) is 6.90. The van der Waals surface area contributed by atoms with Crippen LogP contribution in [0.4, 0.5) is 10.2 Å². The average molecular weight is 408 g/mol. The van der Waals surface area contributed by atoms with Crippen molar-refractivity contribution in [3.8, 4) is 11.3 Å². The van der Waals surface area contributed by atoms with E-state index in [9.17, 15) is 9.18 Å². The van der Waals surface area contributed by atoms with Gasteiger partial charge in [0.25, 0.3) is 0 Å². The number of rotatable bonds is 8. The van der Waals surface area contributed by atoms with Crippen LogP contribution in [-0.2, 0) is 4.79 Å². The molecule has 3 N–H and O–H groups in total. The lowest BCUT2D eigenvalue weighted by molar-refractivity contribution is -0.121. The summed E-state index contributed by atoms with van der Waals surface area (Å²) in [7, 11) is 0. The second kappa shape index (κ2) is 8.31. The van der Waals surface area contributed by atoms with Crippen LogP contribution in [0, 0.1) is 12.8 Å². The molecular formula is C22H25FN6O. The largest absolute Gasteiger partial charge is 0.365 e. The second-order valence-electron chi connectivity index (χ2n) is 7.92. The van der Waals surface area contributed by atoms with Gasteiger partial charge in [-0.3, -0.25) is 9.78 Å². The molecule has 1 aromatic heterocycles. The van der Waals surface area contributed by atoms with Gasteiger partial charge in [0.2, 0.25) is 5.91 Å². The Labute approximate surface area is 174 Å². The summed E-state index contributed by atoms with van der Waals surface area (Å²) in [6.45, 7) is 6.43. The van der Waals surface area contributed by atoms with Crippen molar-refractivity contribution in [1.82, 2.24) is 20.6 Å². The van der Waals surface area contributed by atoms with Crippen LogP contribution >= 0.6 is 0 Å². The minimum Gasteiger partial charge on any atom is -0.365 e.